The zero-order valence-electron chi connectivity index (χ0n) is 23.0. The molecule has 4 rings (SSSR count). The number of likely N-dealkylation sites (N-methyl/N-ethyl adjacent to an activating group) is 1. The third-order valence-corrected chi connectivity index (χ3v) is 8.10. The summed E-state index contributed by atoms with van der Waals surface area (Å²) in [6.45, 7) is 1.82. The lowest BCUT2D eigenvalue weighted by Crippen LogP contribution is -2.56. The van der Waals surface area contributed by atoms with Gasteiger partial charge in [0.1, 0.15) is 12.6 Å². The van der Waals surface area contributed by atoms with Gasteiger partial charge in [0.15, 0.2) is 0 Å². The first-order valence-electron chi connectivity index (χ1n) is 13.3. The summed E-state index contributed by atoms with van der Waals surface area (Å²) >= 11 is 1.10. The second-order valence-electron chi connectivity index (χ2n) is 10.2. The van der Waals surface area contributed by atoms with Crippen LogP contribution < -0.4 is 0 Å². The Bertz CT molecular complexity index is 1270. The Hall–Kier alpha value is -3.97. The molecule has 0 aromatic heterocycles. The molecular formula is C28H33N5O7S. The van der Waals surface area contributed by atoms with Crippen LogP contribution >= 0.6 is 11.8 Å². The molecule has 13 heteroatoms. The number of nitro groups is 1. The summed E-state index contributed by atoms with van der Waals surface area (Å²) in [6, 6.07) is 13.7. The molecular weight excluding hydrogens is 550 g/mol. The Balaban J connectivity index is 1.42. The van der Waals surface area contributed by atoms with E-state index in [1.54, 1.807) is 39.0 Å². The minimum absolute atomic E-state index is 0.00435. The van der Waals surface area contributed by atoms with Gasteiger partial charge in [0.2, 0.25) is 16.9 Å². The monoisotopic (exact) mass is 583 g/mol. The number of rotatable bonds is 8. The number of benzene rings is 2. The lowest BCUT2D eigenvalue weighted by Gasteiger charge is -2.37. The van der Waals surface area contributed by atoms with Crippen LogP contribution in [0.15, 0.2) is 54.6 Å². The third kappa shape index (κ3) is 7.82. The maximum absolute atomic E-state index is 13.7. The zero-order chi connectivity index (χ0) is 29.5. The van der Waals surface area contributed by atoms with Crippen LogP contribution in [0, 0.1) is 10.1 Å². The maximum atomic E-state index is 13.7. The summed E-state index contributed by atoms with van der Waals surface area (Å²) in [5.74, 6) is -0.248. The van der Waals surface area contributed by atoms with Gasteiger partial charge in [-0.15, -0.1) is 0 Å². The number of nitro benzene ring substituents is 1. The van der Waals surface area contributed by atoms with Crippen LogP contribution in [0.4, 0.5) is 10.5 Å². The quantitative estimate of drug-likeness (QED) is 0.339. The molecule has 41 heavy (non-hydrogen) atoms. The molecule has 2 aliphatic heterocycles. The van der Waals surface area contributed by atoms with Crippen LogP contribution in [0.25, 0.3) is 0 Å². The molecule has 2 atom stereocenters. The Labute approximate surface area is 242 Å². The molecule has 0 bridgehead atoms. The topological polar surface area (TPSA) is 134 Å². The van der Waals surface area contributed by atoms with E-state index >= 15 is 0 Å². The van der Waals surface area contributed by atoms with E-state index in [4.69, 9.17) is 4.74 Å². The number of carbonyl (C=O) groups is 4. The normalized spacial score (nSPS) is 18.9. The lowest BCUT2D eigenvalue weighted by atomic mass is 10.1. The highest BCUT2D eigenvalue weighted by Crippen LogP contribution is 2.32. The van der Waals surface area contributed by atoms with Gasteiger partial charge in [0.05, 0.1) is 11.5 Å². The highest BCUT2D eigenvalue weighted by molar-refractivity contribution is 8.14. The molecule has 2 fully saturated rings. The van der Waals surface area contributed by atoms with Gasteiger partial charge in [-0.2, -0.15) is 0 Å². The fraction of sp³-hybridized carbons (Fsp3) is 0.429. The van der Waals surface area contributed by atoms with E-state index in [1.165, 1.54) is 29.2 Å². The van der Waals surface area contributed by atoms with Crippen LogP contribution in [0.3, 0.4) is 0 Å². The molecule has 12 nitrogen and oxygen atoms in total. The molecule has 0 saturated carbocycles. The number of ether oxygens (including phenoxy) is 1. The van der Waals surface area contributed by atoms with E-state index in [2.05, 4.69) is 0 Å². The van der Waals surface area contributed by atoms with Crippen molar-refractivity contribution < 1.29 is 28.8 Å². The van der Waals surface area contributed by atoms with Crippen molar-refractivity contribution in [1.29, 1.82) is 0 Å². The minimum Gasteiger partial charge on any atom is -0.445 e. The van der Waals surface area contributed by atoms with Crippen LogP contribution in [0.2, 0.25) is 0 Å². The second kappa shape index (κ2) is 13.6. The fourth-order valence-corrected chi connectivity index (χ4v) is 5.90. The summed E-state index contributed by atoms with van der Waals surface area (Å²) in [6.07, 6.45) is -0.411. The van der Waals surface area contributed by atoms with E-state index in [9.17, 15) is 29.3 Å². The largest absolute Gasteiger partial charge is 0.445 e. The van der Waals surface area contributed by atoms with Crippen LogP contribution in [0.1, 0.15) is 22.3 Å². The fourth-order valence-electron chi connectivity index (χ4n) is 4.81. The van der Waals surface area contributed by atoms with E-state index in [1.807, 2.05) is 20.2 Å². The highest BCUT2D eigenvalue weighted by Gasteiger charge is 2.43. The van der Waals surface area contributed by atoms with Crippen molar-refractivity contribution in [2.45, 2.75) is 24.3 Å². The summed E-state index contributed by atoms with van der Waals surface area (Å²) in [7, 11) is 3.65. The first-order chi connectivity index (χ1) is 19.6. The molecule has 0 unspecified atom stereocenters. The summed E-state index contributed by atoms with van der Waals surface area (Å²) in [5.41, 5.74) is 1.03. The zero-order valence-corrected chi connectivity index (χ0v) is 23.8. The lowest BCUT2D eigenvalue weighted by molar-refractivity contribution is -0.384. The smallest absolute Gasteiger partial charge is 0.410 e. The summed E-state index contributed by atoms with van der Waals surface area (Å²) in [5, 5.41) is 10.4. The van der Waals surface area contributed by atoms with E-state index in [0.29, 0.717) is 43.9 Å². The molecule has 0 spiro atoms. The van der Waals surface area contributed by atoms with Crippen molar-refractivity contribution >= 4 is 40.5 Å². The number of nitrogens with zero attached hydrogens (tertiary/aromatic N) is 5. The Morgan fingerprint density at radius 1 is 0.976 bits per heavy atom. The molecule has 2 aromatic carbocycles. The summed E-state index contributed by atoms with van der Waals surface area (Å²) in [4.78, 5) is 69.1. The predicted molar refractivity (Wildman–Crippen MR) is 152 cm³/mol. The van der Waals surface area contributed by atoms with Gasteiger partial charge in [-0.1, -0.05) is 42.1 Å². The molecule has 2 saturated heterocycles. The number of piperazine rings is 1. The van der Waals surface area contributed by atoms with Crippen molar-refractivity contribution in [3.8, 4) is 0 Å². The number of carbonyl (C=O) groups excluding carboxylic acids is 4. The molecule has 2 aliphatic rings. The highest BCUT2D eigenvalue weighted by atomic mass is 32.2. The van der Waals surface area contributed by atoms with Crippen LogP contribution in [-0.2, 0) is 20.9 Å². The van der Waals surface area contributed by atoms with Gasteiger partial charge < -0.3 is 19.4 Å². The van der Waals surface area contributed by atoms with E-state index in [0.717, 1.165) is 11.8 Å². The van der Waals surface area contributed by atoms with E-state index in [-0.39, 0.29) is 47.4 Å². The van der Waals surface area contributed by atoms with Crippen LogP contribution in [0.5, 0.6) is 0 Å². The van der Waals surface area contributed by atoms with Crippen molar-refractivity contribution in [3.63, 3.8) is 0 Å². The van der Waals surface area contributed by atoms with Crippen molar-refractivity contribution in [2.24, 2.45) is 0 Å². The standard InChI is InChI=1S/C28H33N5O7S/c1-29(2)18-25(34)30-12-14-31(15-13-30)26(35)24-16-23(41-27(36)21-6-4-3-5-7-21)17-32(24)28(37)40-19-20-8-10-22(11-9-20)33(38)39/h3-11,23-24H,12-19H2,1-2H3/t23-,24-/m0/s1. The third-order valence-electron chi connectivity index (χ3n) is 6.97. The SMILES string of the molecule is CN(C)CC(=O)N1CCN(C(=O)[C@@H]2C[C@H](SC(=O)c3ccccc3)CN2C(=O)OCc2ccc([N+](=O)[O-])cc2)CC1. The number of hydrogen-bond acceptors (Lipinski definition) is 9. The van der Waals surface area contributed by atoms with Gasteiger partial charge in [-0.25, -0.2) is 4.79 Å². The van der Waals surface area contributed by atoms with Gasteiger partial charge in [0, 0.05) is 55.7 Å². The average molecular weight is 584 g/mol. The summed E-state index contributed by atoms with van der Waals surface area (Å²) < 4.78 is 5.50. The Kier molecular flexibility index (Phi) is 9.95. The van der Waals surface area contributed by atoms with Crippen molar-refractivity contribution in [3.05, 3.63) is 75.8 Å². The predicted octanol–water partition coefficient (Wildman–Crippen LogP) is 2.48. The average Bonchev–Trinajstić information content (AvgIpc) is 3.39. The molecule has 0 aliphatic carbocycles. The molecule has 2 aromatic rings. The first kappa shape index (κ1) is 30.0. The van der Waals surface area contributed by atoms with Crippen molar-refractivity contribution in [2.75, 3.05) is 53.4 Å². The second-order valence-corrected chi connectivity index (χ2v) is 11.5. The Morgan fingerprint density at radius 2 is 1.61 bits per heavy atom. The van der Waals surface area contributed by atoms with Gasteiger partial charge in [-0.3, -0.25) is 29.4 Å². The maximum Gasteiger partial charge on any atom is 0.410 e. The first-order valence-corrected chi connectivity index (χ1v) is 14.1. The van der Waals surface area contributed by atoms with Gasteiger partial charge >= 0.3 is 6.09 Å². The number of amides is 3. The van der Waals surface area contributed by atoms with Crippen LogP contribution in [-0.4, -0.2) is 112 Å². The number of non-ortho nitro benzene ring substituents is 1. The number of hydrogen-bond donors (Lipinski definition) is 0. The molecule has 3 amide bonds. The molecule has 0 N–H and O–H groups in total. The minimum atomic E-state index is -0.815. The number of likely N-dealkylation sites (tertiary alicyclic amines) is 1. The Morgan fingerprint density at radius 3 is 2.22 bits per heavy atom. The van der Waals surface area contributed by atoms with Gasteiger partial charge in [-0.05, 0) is 38.2 Å². The molecule has 2 heterocycles. The van der Waals surface area contributed by atoms with E-state index < -0.39 is 17.1 Å². The molecule has 218 valence electrons. The van der Waals surface area contributed by atoms with Gasteiger partial charge in [0.25, 0.3) is 5.69 Å². The van der Waals surface area contributed by atoms with Crippen molar-refractivity contribution in [1.82, 2.24) is 19.6 Å². The number of thioether (sulfide) groups is 1. The molecule has 0 radical (unpaired) electrons.